The lowest BCUT2D eigenvalue weighted by Crippen LogP contribution is -2.53. The molecule has 0 radical (unpaired) electrons. The zero-order valence-electron chi connectivity index (χ0n) is 13.0. The molecule has 0 amide bonds. The molecule has 3 nitrogen and oxygen atoms in total. The molecule has 1 aromatic carbocycles. The van der Waals surface area contributed by atoms with Gasteiger partial charge in [0, 0.05) is 29.4 Å². The third-order valence-electron chi connectivity index (χ3n) is 5.24. The maximum atomic E-state index is 6.81. The summed E-state index contributed by atoms with van der Waals surface area (Å²) in [6.07, 6.45) is 10.0. The number of fused-ring (bicyclic) bond motifs is 1. The summed E-state index contributed by atoms with van der Waals surface area (Å²) in [4.78, 5) is 6.59. The molecule has 1 aromatic heterocycles. The third kappa shape index (κ3) is 2.45. The van der Waals surface area contributed by atoms with Gasteiger partial charge in [0.15, 0.2) is 0 Å². The minimum atomic E-state index is 0.0406. The van der Waals surface area contributed by atoms with Crippen molar-refractivity contribution in [3.05, 3.63) is 42.2 Å². The van der Waals surface area contributed by atoms with Crippen molar-refractivity contribution in [3.8, 4) is 0 Å². The first kappa shape index (κ1) is 14.5. The largest absolute Gasteiger partial charge is 0.322 e. The monoisotopic (exact) mass is 283 g/mol. The van der Waals surface area contributed by atoms with Crippen molar-refractivity contribution >= 4 is 10.8 Å². The maximum absolute atomic E-state index is 6.81. The molecular formula is C18H25N3. The first-order chi connectivity index (χ1) is 10.1. The molecule has 1 heterocycles. The van der Waals surface area contributed by atoms with Crippen LogP contribution in [0.15, 0.2) is 36.7 Å². The fraction of sp³-hybridized carbons (Fsp3) is 0.500. The van der Waals surface area contributed by atoms with Crippen LogP contribution in [0.5, 0.6) is 0 Å². The van der Waals surface area contributed by atoms with Crippen LogP contribution in [0.2, 0.25) is 0 Å². The van der Waals surface area contributed by atoms with E-state index in [2.05, 4.69) is 48.2 Å². The summed E-state index contributed by atoms with van der Waals surface area (Å²) in [5.41, 5.74) is 8.14. The summed E-state index contributed by atoms with van der Waals surface area (Å²) >= 11 is 0. The van der Waals surface area contributed by atoms with E-state index < -0.39 is 0 Å². The normalized spacial score (nSPS) is 19.8. The minimum absolute atomic E-state index is 0.0406. The predicted molar refractivity (Wildman–Crippen MR) is 88.2 cm³/mol. The molecule has 1 saturated carbocycles. The molecule has 1 atom stereocenters. The second-order valence-electron chi connectivity index (χ2n) is 6.48. The number of likely N-dealkylation sites (N-methyl/N-ethyl adjacent to an activating group) is 1. The average Bonchev–Trinajstić information content (AvgIpc) is 2.54. The van der Waals surface area contributed by atoms with E-state index in [4.69, 9.17) is 5.73 Å². The highest BCUT2D eigenvalue weighted by molar-refractivity contribution is 5.85. The van der Waals surface area contributed by atoms with Crippen LogP contribution in [0, 0.1) is 0 Å². The SMILES string of the molecule is CN(C)C1(C(N)c2cccc3cnccc23)CCCCC1. The molecule has 3 rings (SSSR count). The Morgan fingerprint density at radius 3 is 2.62 bits per heavy atom. The van der Waals surface area contributed by atoms with Gasteiger partial charge in [-0.3, -0.25) is 4.98 Å². The molecule has 1 unspecified atom stereocenters. The molecule has 1 fully saturated rings. The summed E-state index contributed by atoms with van der Waals surface area (Å²) < 4.78 is 0. The number of pyridine rings is 1. The molecule has 0 spiro atoms. The quantitative estimate of drug-likeness (QED) is 0.937. The van der Waals surface area contributed by atoms with Crippen LogP contribution < -0.4 is 5.73 Å². The lowest BCUT2D eigenvalue weighted by atomic mass is 9.73. The van der Waals surface area contributed by atoms with Crippen molar-refractivity contribution in [1.82, 2.24) is 9.88 Å². The van der Waals surface area contributed by atoms with Crippen molar-refractivity contribution in [3.63, 3.8) is 0 Å². The van der Waals surface area contributed by atoms with Crippen molar-refractivity contribution in [2.45, 2.75) is 43.7 Å². The van der Waals surface area contributed by atoms with Crippen LogP contribution in [-0.4, -0.2) is 29.5 Å². The molecule has 0 aliphatic heterocycles. The molecule has 2 aromatic rings. The van der Waals surface area contributed by atoms with Crippen LogP contribution in [0.3, 0.4) is 0 Å². The fourth-order valence-electron chi connectivity index (χ4n) is 3.91. The zero-order valence-corrected chi connectivity index (χ0v) is 13.0. The summed E-state index contributed by atoms with van der Waals surface area (Å²) in [6.45, 7) is 0. The van der Waals surface area contributed by atoms with E-state index in [9.17, 15) is 0 Å². The Bertz CT molecular complexity index is 609. The van der Waals surface area contributed by atoms with Gasteiger partial charge in [-0.2, -0.15) is 0 Å². The Kier molecular flexibility index (Phi) is 3.96. The second-order valence-corrected chi connectivity index (χ2v) is 6.48. The van der Waals surface area contributed by atoms with Gasteiger partial charge in [-0.1, -0.05) is 37.5 Å². The Morgan fingerprint density at radius 2 is 1.90 bits per heavy atom. The van der Waals surface area contributed by atoms with Gasteiger partial charge < -0.3 is 10.6 Å². The number of rotatable bonds is 3. The molecule has 2 N–H and O–H groups in total. The molecule has 3 heteroatoms. The Labute approximate surface area is 127 Å². The lowest BCUT2D eigenvalue weighted by molar-refractivity contribution is 0.0718. The van der Waals surface area contributed by atoms with Gasteiger partial charge in [-0.05, 0) is 44.0 Å². The number of benzene rings is 1. The third-order valence-corrected chi connectivity index (χ3v) is 5.24. The van der Waals surface area contributed by atoms with Crippen molar-refractivity contribution in [1.29, 1.82) is 0 Å². The van der Waals surface area contributed by atoms with Gasteiger partial charge in [0.1, 0.15) is 0 Å². The van der Waals surface area contributed by atoms with Crippen molar-refractivity contribution in [2.24, 2.45) is 5.73 Å². The van der Waals surface area contributed by atoms with E-state index in [0.717, 1.165) is 0 Å². The molecule has 1 aliphatic rings. The minimum Gasteiger partial charge on any atom is -0.322 e. The molecule has 1 aliphatic carbocycles. The van der Waals surface area contributed by atoms with E-state index in [1.54, 1.807) is 0 Å². The topological polar surface area (TPSA) is 42.1 Å². The predicted octanol–water partition coefficient (Wildman–Crippen LogP) is 3.50. The van der Waals surface area contributed by atoms with E-state index in [-0.39, 0.29) is 11.6 Å². The van der Waals surface area contributed by atoms with Crippen LogP contribution in [0.4, 0.5) is 0 Å². The summed E-state index contributed by atoms with van der Waals surface area (Å²) in [5.74, 6) is 0. The first-order valence-electron chi connectivity index (χ1n) is 7.91. The molecular weight excluding hydrogens is 258 g/mol. The number of nitrogens with zero attached hydrogens (tertiary/aromatic N) is 2. The Morgan fingerprint density at radius 1 is 1.14 bits per heavy atom. The summed E-state index contributed by atoms with van der Waals surface area (Å²) in [6, 6.07) is 8.54. The van der Waals surface area contributed by atoms with Crippen molar-refractivity contribution in [2.75, 3.05) is 14.1 Å². The van der Waals surface area contributed by atoms with Crippen molar-refractivity contribution < 1.29 is 0 Å². The highest BCUT2D eigenvalue weighted by atomic mass is 15.2. The van der Waals surface area contributed by atoms with Crippen LogP contribution in [-0.2, 0) is 0 Å². The smallest absolute Gasteiger partial charge is 0.0488 e. The Hall–Kier alpha value is -1.45. The van der Waals surface area contributed by atoms with E-state index >= 15 is 0 Å². The van der Waals surface area contributed by atoms with E-state index in [0.29, 0.717) is 0 Å². The van der Waals surface area contributed by atoms with Gasteiger partial charge >= 0.3 is 0 Å². The lowest BCUT2D eigenvalue weighted by Gasteiger charge is -2.47. The summed E-state index contributed by atoms with van der Waals surface area (Å²) in [5, 5.41) is 2.42. The molecule has 112 valence electrons. The van der Waals surface area contributed by atoms with Gasteiger partial charge in [-0.25, -0.2) is 0 Å². The number of aromatic nitrogens is 1. The summed E-state index contributed by atoms with van der Waals surface area (Å²) in [7, 11) is 4.36. The number of nitrogens with two attached hydrogens (primary N) is 1. The average molecular weight is 283 g/mol. The highest BCUT2D eigenvalue weighted by Crippen LogP contribution is 2.42. The van der Waals surface area contributed by atoms with E-state index in [1.807, 2.05) is 12.4 Å². The second kappa shape index (κ2) is 5.74. The maximum Gasteiger partial charge on any atom is 0.0488 e. The first-order valence-corrected chi connectivity index (χ1v) is 7.91. The molecule has 0 saturated heterocycles. The van der Waals surface area contributed by atoms with Gasteiger partial charge in [0.05, 0.1) is 0 Å². The van der Waals surface area contributed by atoms with Gasteiger partial charge in [0.25, 0.3) is 0 Å². The molecule has 0 bridgehead atoms. The fourth-order valence-corrected chi connectivity index (χ4v) is 3.91. The van der Waals surface area contributed by atoms with Crippen LogP contribution in [0.1, 0.15) is 43.7 Å². The number of hydrogen-bond acceptors (Lipinski definition) is 3. The van der Waals surface area contributed by atoms with Crippen LogP contribution >= 0.6 is 0 Å². The standard InChI is InChI=1S/C18H25N3/c1-21(2)18(10-4-3-5-11-18)17(19)16-8-6-7-14-13-20-12-9-15(14)16/h6-9,12-13,17H,3-5,10-11,19H2,1-2H3. The number of hydrogen-bond donors (Lipinski definition) is 1. The van der Waals surface area contributed by atoms with Gasteiger partial charge in [0.2, 0.25) is 0 Å². The Balaban J connectivity index is 2.08. The van der Waals surface area contributed by atoms with Gasteiger partial charge in [-0.15, -0.1) is 0 Å². The molecule has 21 heavy (non-hydrogen) atoms. The van der Waals surface area contributed by atoms with Crippen LogP contribution in [0.25, 0.3) is 10.8 Å². The highest BCUT2D eigenvalue weighted by Gasteiger charge is 2.41. The van der Waals surface area contributed by atoms with E-state index in [1.165, 1.54) is 48.4 Å². The zero-order chi connectivity index (χ0) is 14.9.